The molecule has 1 atom stereocenters. The van der Waals surface area contributed by atoms with Gasteiger partial charge in [0.05, 0.1) is 4.90 Å². The van der Waals surface area contributed by atoms with Crippen LogP contribution in [0.3, 0.4) is 0 Å². The van der Waals surface area contributed by atoms with Gasteiger partial charge in [-0.15, -0.1) is 0 Å². The minimum atomic E-state index is -0.759. The number of likely N-dealkylation sites (tertiary alicyclic amines) is 1. The number of nitrogens with zero attached hydrogens (tertiary/aromatic N) is 1. The van der Waals surface area contributed by atoms with E-state index in [0.29, 0.717) is 19.6 Å². The molecule has 0 bridgehead atoms. The molecule has 6 heteroatoms. The van der Waals surface area contributed by atoms with Gasteiger partial charge in [-0.2, -0.15) is 0 Å². The van der Waals surface area contributed by atoms with Crippen LogP contribution in [-0.4, -0.2) is 41.7 Å². The molecule has 2 aromatic rings. The highest BCUT2D eigenvalue weighted by atomic mass is 32.2. The van der Waals surface area contributed by atoms with Crippen LogP contribution in [0.1, 0.15) is 12.8 Å². The number of para-hydroxylation sites is 1. The predicted molar refractivity (Wildman–Crippen MR) is 94.7 cm³/mol. The average Bonchev–Trinajstić information content (AvgIpc) is 3.07. The van der Waals surface area contributed by atoms with Gasteiger partial charge in [0.15, 0.2) is 0 Å². The van der Waals surface area contributed by atoms with E-state index in [1.54, 1.807) is 12.1 Å². The van der Waals surface area contributed by atoms with Crippen LogP contribution in [0.15, 0.2) is 58.3 Å². The molecule has 4 nitrogen and oxygen atoms in total. The molecule has 1 aliphatic heterocycles. The van der Waals surface area contributed by atoms with Crippen molar-refractivity contribution in [1.82, 2.24) is 4.90 Å². The maximum atomic E-state index is 13.0. The van der Waals surface area contributed by atoms with Crippen molar-refractivity contribution in [2.45, 2.75) is 28.7 Å². The average molecular weight is 361 g/mol. The zero-order chi connectivity index (χ0) is 17.6. The Morgan fingerprint density at radius 3 is 2.76 bits per heavy atom. The van der Waals surface area contributed by atoms with Crippen LogP contribution >= 0.6 is 11.8 Å². The molecule has 3 rings (SSSR count). The summed E-state index contributed by atoms with van der Waals surface area (Å²) in [7, 11) is 0. The third-order valence-corrected chi connectivity index (χ3v) is 5.24. The number of halogens is 1. The van der Waals surface area contributed by atoms with Crippen LogP contribution in [0.5, 0.6) is 5.75 Å². The van der Waals surface area contributed by atoms with E-state index in [2.05, 4.69) is 0 Å². The Morgan fingerprint density at radius 1 is 1.24 bits per heavy atom. The van der Waals surface area contributed by atoms with Crippen LogP contribution in [0.25, 0.3) is 0 Å². The predicted octanol–water partition coefficient (Wildman–Crippen LogP) is 3.90. The van der Waals surface area contributed by atoms with Crippen molar-refractivity contribution < 1.29 is 19.0 Å². The lowest BCUT2D eigenvalue weighted by Gasteiger charge is -2.21. The molecule has 0 aromatic heterocycles. The number of carboxylic acid groups (broad SMARTS) is 1. The highest BCUT2D eigenvalue weighted by Crippen LogP contribution is 2.34. The van der Waals surface area contributed by atoms with E-state index in [0.717, 1.165) is 28.5 Å². The second-order valence-electron chi connectivity index (χ2n) is 5.88. The Hall–Kier alpha value is -2.05. The van der Waals surface area contributed by atoms with Crippen molar-refractivity contribution in [3.8, 4) is 5.75 Å². The smallest absolute Gasteiger partial charge is 0.320 e. The minimum Gasteiger partial charge on any atom is -0.491 e. The SMILES string of the molecule is O=C(O)C1CCCN1CCOc1ccccc1Sc1ccc(F)cc1. The Bertz CT molecular complexity index is 723. The van der Waals surface area contributed by atoms with Crippen LogP contribution in [0.4, 0.5) is 4.39 Å². The third-order valence-electron chi connectivity index (χ3n) is 4.18. The highest BCUT2D eigenvalue weighted by Gasteiger charge is 2.29. The van der Waals surface area contributed by atoms with Crippen molar-refractivity contribution in [2.24, 2.45) is 0 Å². The molecule has 0 aliphatic carbocycles. The van der Waals surface area contributed by atoms with E-state index in [1.165, 1.54) is 23.9 Å². The van der Waals surface area contributed by atoms with Gasteiger partial charge in [-0.3, -0.25) is 9.69 Å². The summed E-state index contributed by atoms with van der Waals surface area (Å²) in [6, 6.07) is 13.6. The molecule has 132 valence electrons. The number of ether oxygens (including phenoxy) is 1. The first-order valence-electron chi connectivity index (χ1n) is 8.25. The first-order valence-corrected chi connectivity index (χ1v) is 9.07. The second-order valence-corrected chi connectivity index (χ2v) is 7.00. The summed E-state index contributed by atoms with van der Waals surface area (Å²) in [6.45, 7) is 1.82. The number of rotatable bonds is 7. The van der Waals surface area contributed by atoms with Crippen molar-refractivity contribution in [3.63, 3.8) is 0 Å². The van der Waals surface area contributed by atoms with Gasteiger partial charge in [-0.1, -0.05) is 23.9 Å². The van der Waals surface area contributed by atoms with Crippen LogP contribution in [0, 0.1) is 5.82 Å². The van der Waals surface area contributed by atoms with Gasteiger partial charge in [0.1, 0.15) is 24.2 Å². The van der Waals surface area contributed by atoms with Gasteiger partial charge in [0.2, 0.25) is 0 Å². The van der Waals surface area contributed by atoms with E-state index in [-0.39, 0.29) is 5.82 Å². The maximum absolute atomic E-state index is 13.0. The zero-order valence-electron chi connectivity index (χ0n) is 13.7. The zero-order valence-corrected chi connectivity index (χ0v) is 14.5. The second kappa shape index (κ2) is 8.36. The molecule has 1 saturated heterocycles. The molecule has 1 aliphatic rings. The van der Waals surface area contributed by atoms with Gasteiger partial charge in [-0.25, -0.2) is 4.39 Å². The summed E-state index contributed by atoms with van der Waals surface area (Å²) in [5.41, 5.74) is 0. The fraction of sp³-hybridized carbons (Fsp3) is 0.316. The van der Waals surface area contributed by atoms with E-state index in [4.69, 9.17) is 4.74 Å². The van der Waals surface area contributed by atoms with Crippen molar-refractivity contribution in [2.75, 3.05) is 19.7 Å². The van der Waals surface area contributed by atoms with Gasteiger partial charge in [0, 0.05) is 11.4 Å². The van der Waals surface area contributed by atoms with E-state index in [1.807, 2.05) is 29.2 Å². The monoisotopic (exact) mass is 361 g/mol. The van der Waals surface area contributed by atoms with Crippen molar-refractivity contribution in [1.29, 1.82) is 0 Å². The number of hydrogen-bond donors (Lipinski definition) is 1. The minimum absolute atomic E-state index is 0.257. The van der Waals surface area contributed by atoms with Crippen LogP contribution < -0.4 is 4.74 Å². The molecule has 1 unspecified atom stereocenters. The first kappa shape index (κ1) is 17.8. The van der Waals surface area contributed by atoms with Gasteiger partial charge >= 0.3 is 5.97 Å². The van der Waals surface area contributed by atoms with Crippen molar-refractivity contribution in [3.05, 3.63) is 54.3 Å². The Balaban J connectivity index is 1.59. The molecule has 1 fully saturated rings. The molecule has 25 heavy (non-hydrogen) atoms. The standard InChI is InChI=1S/C19H20FNO3S/c20-14-7-9-15(10-8-14)25-18-6-2-1-5-17(18)24-13-12-21-11-3-4-16(21)19(22)23/h1-2,5-10,16H,3-4,11-13H2,(H,22,23). The van der Waals surface area contributed by atoms with Crippen LogP contribution in [-0.2, 0) is 4.79 Å². The lowest BCUT2D eigenvalue weighted by atomic mass is 10.2. The molecule has 0 amide bonds. The fourth-order valence-corrected chi connectivity index (χ4v) is 3.83. The topological polar surface area (TPSA) is 49.8 Å². The molecule has 0 spiro atoms. The van der Waals surface area contributed by atoms with Gasteiger partial charge in [0.25, 0.3) is 0 Å². The van der Waals surface area contributed by atoms with Crippen LogP contribution in [0.2, 0.25) is 0 Å². The first-order chi connectivity index (χ1) is 12.1. The van der Waals surface area contributed by atoms with E-state index in [9.17, 15) is 14.3 Å². The quantitative estimate of drug-likeness (QED) is 0.810. The summed E-state index contributed by atoms with van der Waals surface area (Å²) in [5.74, 6) is -0.264. The largest absolute Gasteiger partial charge is 0.491 e. The molecular formula is C19H20FNO3S. The Labute approximate surface area is 150 Å². The molecule has 2 aromatic carbocycles. The third kappa shape index (κ3) is 4.74. The van der Waals surface area contributed by atoms with E-state index < -0.39 is 12.0 Å². The summed E-state index contributed by atoms with van der Waals surface area (Å²) < 4.78 is 18.9. The number of carbonyl (C=O) groups is 1. The molecular weight excluding hydrogens is 341 g/mol. The highest BCUT2D eigenvalue weighted by molar-refractivity contribution is 7.99. The maximum Gasteiger partial charge on any atom is 0.320 e. The Kier molecular flexibility index (Phi) is 5.94. The lowest BCUT2D eigenvalue weighted by molar-refractivity contribution is -0.142. The molecule has 0 radical (unpaired) electrons. The summed E-state index contributed by atoms with van der Waals surface area (Å²) in [5, 5.41) is 9.22. The summed E-state index contributed by atoms with van der Waals surface area (Å²) >= 11 is 1.51. The normalized spacial score (nSPS) is 17.6. The van der Waals surface area contributed by atoms with Gasteiger partial charge < -0.3 is 9.84 Å². The summed E-state index contributed by atoms with van der Waals surface area (Å²) in [4.78, 5) is 15.1. The van der Waals surface area contributed by atoms with Gasteiger partial charge in [-0.05, 0) is 55.8 Å². The summed E-state index contributed by atoms with van der Waals surface area (Å²) in [6.07, 6.45) is 1.61. The number of carboxylic acids is 1. The number of benzene rings is 2. The van der Waals surface area contributed by atoms with E-state index >= 15 is 0 Å². The number of aliphatic carboxylic acids is 1. The van der Waals surface area contributed by atoms with Crippen molar-refractivity contribution >= 4 is 17.7 Å². The fourth-order valence-electron chi connectivity index (χ4n) is 2.93. The molecule has 1 N–H and O–H groups in total. The molecule has 0 saturated carbocycles. The number of hydrogen-bond acceptors (Lipinski definition) is 4. The lowest BCUT2D eigenvalue weighted by Crippen LogP contribution is -2.38. The molecule has 1 heterocycles. The Morgan fingerprint density at radius 2 is 2.00 bits per heavy atom.